The van der Waals surface area contributed by atoms with Crippen molar-refractivity contribution in [2.45, 2.75) is 39.3 Å². The summed E-state index contributed by atoms with van der Waals surface area (Å²) in [7, 11) is 0. The number of aliphatic hydroxyl groups excluding tert-OH is 1. The lowest BCUT2D eigenvalue weighted by molar-refractivity contribution is 0.0506. The average Bonchev–Trinajstić information content (AvgIpc) is 2.49. The minimum Gasteiger partial charge on any atom is -0.392 e. The molecule has 2 fully saturated rings. The van der Waals surface area contributed by atoms with Crippen LogP contribution < -0.4 is 5.73 Å². The molecule has 2 rings (SSSR count). The van der Waals surface area contributed by atoms with E-state index in [1.165, 1.54) is 0 Å². The van der Waals surface area contributed by atoms with E-state index in [1.807, 2.05) is 0 Å². The van der Waals surface area contributed by atoms with Crippen molar-refractivity contribution >= 4 is 0 Å². The van der Waals surface area contributed by atoms with Gasteiger partial charge in [-0.25, -0.2) is 0 Å². The van der Waals surface area contributed by atoms with Crippen LogP contribution in [0.4, 0.5) is 0 Å². The van der Waals surface area contributed by atoms with E-state index >= 15 is 0 Å². The first-order valence-electron chi connectivity index (χ1n) is 4.90. The quantitative estimate of drug-likeness (QED) is 0.568. The number of hydrogen-bond acceptors (Lipinski definition) is 2. The predicted octanol–water partition coefficient (Wildman–Crippen LogP) is 0.987. The third kappa shape index (κ3) is 0.882. The van der Waals surface area contributed by atoms with Gasteiger partial charge in [0.2, 0.25) is 0 Å². The van der Waals surface area contributed by atoms with Crippen LogP contribution in [-0.2, 0) is 0 Å². The Morgan fingerprint density at radius 3 is 2.58 bits per heavy atom. The van der Waals surface area contributed by atoms with Crippen LogP contribution in [0.15, 0.2) is 0 Å². The second kappa shape index (κ2) is 2.24. The van der Waals surface area contributed by atoms with E-state index in [4.69, 9.17) is 5.73 Å². The van der Waals surface area contributed by atoms with Gasteiger partial charge >= 0.3 is 0 Å². The molecule has 12 heavy (non-hydrogen) atoms. The van der Waals surface area contributed by atoms with E-state index in [-0.39, 0.29) is 18.1 Å². The number of nitrogens with two attached hydrogens (primary N) is 1. The molecule has 3 N–H and O–H groups in total. The van der Waals surface area contributed by atoms with Crippen molar-refractivity contribution in [3.05, 3.63) is 0 Å². The summed E-state index contributed by atoms with van der Waals surface area (Å²) in [6, 6.07) is 0.211. The maximum absolute atomic E-state index is 9.91. The van der Waals surface area contributed by atoms with Crippen LogP contribution in [0, 0.1) is 23.2 Å². The molecule has 2 aliphatic carbocycles. The monoisotopic (exact) mass is 169 g/mol. The Morgan fingerprint density at radius 2 is 2.00 bits per heavy atom. The lowest BCUT2D eigenvalue weighted by Gasteiger charge is -2.29. The third-order valence-electron chi connectivity index (χ3n) is 4.25. The first kappa shape index (κ1) is 8.52. The Hall–Kier alpha value is -0.0800. The summed E-state index contributed by atoms with van der Waals surface area (Å²) in [4.78, 5) is 0. The van der Waals surface area contributed by atoms with Gasteiger partial charge in [-0.2, -0.15) is 0 Å². The fourth-order valence-corrected chi connectivity index (χ4v) is 3.00. The summed E-state index contributed by atoms with van der Waals surface area (Å²) < 4.78 is 0. The van der Waals surface area contributed by atoms with E-state index in [9.17, 15) is 5.11 Å². The Bertz CT molecular complexity index is 202. The highest BCUT2D eigenvalue weighted by molar-refractivity contribution is 5.13. The highest BCUT2D eigenvalue weighted by atomic mass is 16.3. The molecule has 2 saturated carbocycles. The third-order valence-corrected chi connectivity index (χ3v) is 4.25. The lowest BCUT2D eigenvalue weighted by atomic mass is 9.84. The van der Waals surface area contributed by atoms with Crippen molar-refractivity contribution < 1.29 is 5.11 Å². The average molecular weight is 169 g/mol. The topological polar surface area (TPSA) is 46.2 Å². The molecule has 0 saturated heterocycles. The SMILES string of the molecule is CC1C(N)CC2C(C1O)C2(C)C. The second-order valence-electron chi connectivity index (χ2n) is 5.20. The molecule has 0 amide bonds. The standard InChI is InChI=1S/C10H19NO/c1-5-7(11)4-6-8(9(5)12)10(6,2)3/h5-9,12H,4,11H2,1-3H3. The summed E-state index contributed by atoms with van der Waals surface area (Å²) in [5.74, 6) is 1.49. The fourth-order valence-electron chi connectivity index (χ4n) is 3.00. The van der Waals surface area contributed by atoms with Gasteiger partial charge in [0.05, 0.1) is 6.10 Å². The first-order valence-corrected chi connectivity index (χ1v) is 4.90. The van der Waals surface area contributed by atoms with Gasteiger partial charge in [0.15, 0.2) is 0 Å². The van der Waals surface area contributed by atoms with Crippen LogP contribution in [0.25, 0.3) is 0 Å². The molecule has 70 valence electrons. The molecule has 5 atom stereocenters. The molecule has 0 spiro atoms. The Labute approximate surface area is 74.1 Å². The molecule has 0 aliphatic heterocycles. The molecule has 2 heteroatoms. The highest BCUT2D eigenvalue weighted by Gasteiger charge is 2.64. The molecule has 0 bridgehead atoms. The van der Waals surface area contributed by atoms with Crippen LogP contribution in [0.2, 0.25) is 0 Å². The minimum atomic E-state index is -0.159. The maximum atomic E-state index is 9.91. The summed E-state index contributed by atoms with van der Waals surface area (Å²) in [5, 5.41) is 9.91. The summed E-state index contributed by atoms with van der Waals surface area (Å²) in [6.45, 7) is 6.56. The van der Waals surface area contributed by atoms with Crippen LogP contribution in [0.1, 0.15) is 27.2 Å². The molecule has 5 unspecified atom stereocenters. The van der Waals surface area contributed by atoms with Gasteiger partial charge in [-0.05, 0) is 29.6 Å². The zero-order valence-corrected chi connectivity index (χ0v) is 8.12. The van der Waals surface area contributed by atoms with Crippen molar-refractivity contribution in [3.8, 4) is 0 Å². The lowest BCUT2D eigenvalue weighted by Crippen LogP contribution is -2.41. The molecule has 0 aromatic rings. The van der Waals surface area contributed by atoms with E-state index in [2.05, 4.69) is 20.8 Å². The van der Waals surface area contributed by atoms with Gasteiger partial charge in [-0.15, -0.1) is 0 Å². The van der Waals surface area contributed by atoms with E-state index in [0.29, 0.717) is 17.3 Å². The van der Waals surface area contributed by atoms with Crippen molar-refractivity contribution in [3.63, 3.8) is 0 Å². The van der Waals surface area contributed by atoms with Gasteiger partial charge in [-0.3, -0.25) is 0 Å². The highest BCUT2D eigenvalue weighted by Crippen LogP contribution is 2.65. The molecule has 2 nitrogen and oxygen atoms in total. The number of rotatable bonds is 0. The molecule has 2 aliphatic rings. The first-order chi connectivity index (χ1) is 5.46. The second-order valence-corrected chi connectivity index (χ2v) is 5.20. The molecule has 0 aromatic carbocycles. The fraction of sp³-hybridized carbons (Fsp3) is 1.00. The maximum Gasteiger partial charge on any atom is 0.0616 e. The van der Waals surface area contributed by atoms with Crippen molar-refractivity contribution in [2.24, 2.45) is 28.9 Å². The Morgan fingerprint density at radius 1 is 1.42 bits per heavy atom. The van der Waals surface area contributed by atoms with Gasteiger partial charge in [-0.1, -0.05) is 20.8 Å². The minimum absolute atomic E-state index is 0.159. The number of fused-ring (bicyclic) bond motifs is 1. The Kier molecular flexibility index (Phi) is 1.59. The zero-order valence-electron chi connectivity index (χ0n) is 8.12. The predicted molar refractivity (Wildman–Crippen MR) is 48.5 cm³/mol. The molecule has 0 radical (unpaired) electrons. The molecular formula is C10H19NO. The zero-order chi connectivity index (χ0) is 9.09. The Balaban J connectivity index is 2.16. The van der Waals surface area contributed by atoms with Crippen molar-refractivity contribution in [1.82, 2.24) is 0 Å². The van der Waals surface area contributed by atoms with Crippen molar-refractivity contribution in [2.75, 3.05) is 0 Å². The largest absolute Gasteiger partial charge is 0.392 e. The summed E-state index contributed by atoms with van der Waals surface area (Å²) >= 11 is 0. The molecule has 0 heterocycles. The van der Waals surface area contributed by atoms with Gasteiger partial charge < -0.3 is 10.8 Å². The van der Waals surface area contributed by atoms with Crippen LogP contribution >= 0.6 is 0 Å². The van der Waals surface area contributed by atoms with E-state index in [0.717, 1.165) is 6.42 Å². The number of aliphatic hydroxyl groups is 1. The summed E-state index contributed by atoms with van der Waals surface area (Å²) in [5.41, 5.74) is 6.30. The van der Waals surface area contributed by atoms with Crippen LogP contribution in [-0.4, -0.2) is 17.3 Å². The number of hydrogen-bond donors (Lipinski definition) is 2. The van der Waals surface area contributed by atoms with Gasteiger partial charge in [0.1, 0.15) is 0 Å². The molecule has 0 aromatic heterocycles. The van der Waals surface area contributed by atoms with Crippen molar-refractivity contribution in [1.29, 1.82) is 0 Å². The smallest absolute Gasteiger partial charge is 0.0616 e. The van der Waals surface area contributed by atoms with Crippen LogP contribution in [0.5, 0.6) is 0 Å². The molecular weight excluding hydrogens is 150 g/mol. The van der Waals surface area contributed by atoms with E-state index in [1.54, 1.807) is 0 Å². The summed E-state index contributed by atoms with van der Waals surface area (Å²) in [6.07, 6.45) is 0.948. The van der Waals surface area contributed by atoms with Crippen LogP contribution in [0.3, 0.4) is 0 Å². The van der Waals surface area contributed by atoms with E-state index < -0.39 is 0 Å². The van der Waals surface area contributed by atoms with Gasteiger partial charge in [0.25, 0.3) is 0 Å². The normalized spacial score (nSPS) is 56.2. The van der Waals surface area contributed by atoms with Gasteiger partial charge in [0, 0.05) is 6.04 Å².